The van der Waals surface area contributed by atoms with Crippen molar-refractivity contribution in [2.45, 2.75) is 6.92 Å². The number of carbonyl (C=O) groups excluding carboxylic acids is 1. The van der Waals surface area contributed by atoms with Gasteiger partial charge in [0.05, 0.1) is 22.8 Å². The Hall–Kier alpha value is -3.78. The van der Waals surface area contributed by atoms with Gasteiger partial charge in [-0.15, -0.1) is 0 Å². The van der Waals surface area contributed by atoms with Gasteiger partial charge in [-0.05, 0) is 43.8 Å². The predicted molar refractivity (Wildman–Crippen MR) is 130 cm³/mol. The Morgan fingerprint density at radius 2 is 1.76 bits per heavy atom. The van der Waals surface area contributed by atoms with Gasteiger partial charge in [0.2, 0.25) is 0 Å². The zero-order chi connectivity index (χ0) is 22.7. The number of anilines is 1. The van der Waals surface area contributed by atoms with Crippen LogP contribution in [-0.4, -0.2) is 70.0 Å². The number of hydrogen-bond donors (Lipinski definition) is 1. The van der Waals surface area contributed by atoms with Gasteiger partial charge in [0.15, 0.2) is 0 Å². The van der Waals surface area contributed by atoms with Crippen LogP contribution in [0.3, 0.4) is 0 Å². The quantitative estimate of drug-likeness (QED) is 0.530. The molecular weight excluding hydrogens is 414 g/mol. The van der Waals surface area contributed by atoms with Crippen LogP contribution in [0.25, 0.3) is 33.5 Å². The molecule has 0 unspecified atom stereocenters. The van der Waals surface area contributed by atoms with Gasteiger partial charge < -0.3 is 14.8 Å². The molecule has 2 aromatic heterocycles. The standard InChI is InChI=1S/C25H25N7O/c1-15-19(14-27-31(15)3)17-5-6-18(23-20(17)13-26-25(23)33)24-28-21-7-4-16(12-22(21)29-24)32-10-8-30(2)9-11-32/h4-7,12-14H,8-11H2,1-3H3,(H,28,29). The highest BCUT2D eigenvalue weighted by atomic mass is 16.1. The molecule has 0 aliphatic carbocycles. The van der Waals surface area contributed by atoms with Crippen molar-refractivity contribution in [1.82, 2.24) is 24.6 Å². The summed E-state index contributed by atoms with van der Waals surface area (Å²) in [5.74, 6) is 0.451. The highest BCUT2D eigenvalue weighted by Crippen LogP contribution is 2.36. The summed E-state index contributed by atoms with van der Waals surface area (Å²) in [4.78, 5) is 29.9. The molecule has 8 nitrogen and oxygen atoms in total. The largest absolute Gasteiger partial charge is 0.369 e. The van der Waals surface area contributed by atoms with Crippen LogP contribution in [0.1, 0.15) is 21.6 Å². The number of nitrogens with zero attached hydrogens (tertiary/aromatic N) is 6. The van der Waals surface area contributed by atoms with Gasteiger partial charge in [0.25, 0.3) is 5.91 Å². The molecule has 2 aliphatic heterocycles. The van der Waals surface area contributed by atoms with Crippen LogP contribution in [0, 0.1) is 6.92 Å². The average molecular weight is 440 g/mol. The molecule has 33 heavy (non-hydrogen) atoms. The molecule has 1 saturated heterocycles. The van der Waals surface area contributed by atoms with E-state index >= 15 is 0 Å². The molecule has 0 saturated carbocycles. The topological polar surface area (TPSA) is 82.4 Å². The summed E-state index contributed by atoms with van der Waals surface area (Å²) >= 11 is 0. The molecule has 0 radical (unpaired) electrons. The van der Waals surface area contributed by atoms with Crippen molar-refractivity contribution in [3.8, 4) is 22.5 Å². The summed E-state index contributed by atoms with van der Waals surface area (Å²) in [6.07, 6.45) is 3.50. The third-order valence-electron chi connectivity index (χ3n) is 6.89. The van der Waals surface area contributed by atoms with Crippen molar-refractivity contribution in [2.75, 3.05) is 38.1 Å². The number of fused-ring (bicyclic) bond motifs is 2. The lowest BCUT2D eigenvalue weighted by molar-refractivity contribution is 0.101. The van der Waals surface area contributed by atoms with Crippen molar-refractivity contribution < 1.29 is 4.79 Å². The smallest absolute Gasteiger partial charge is 0.278 e. The van der Waals surface area contributed by atoms with E-state index in [9.17, 15) is 4.79 Å². The first kappa shape index (κ1) is 19.9. The lowest BCUT2D eigenvalue weighted by atomic mass is 9.93. The number of aryl methyl sites for hydroxylation is 1. The maximum Gasteiger partial charge on any atom is 0.278 e. The molecule has 8 heteroatoms. The molecule has 4 aromatic rings. The SMILES string of the molecule is Cc1c(-c2ccc(-c3nc4cc(N5CCN(C)CC5)ccc4[nH]3)c3c2C=NC3=O)cnn1C. The van der Waals surface area contributed by atoms with Gasteiger partial charge in [0.1, 0.15) is 5.82 Å². The summed E-state index contributed by atoms with van der Waals surface area (Å²) in [6, 6.07) is 10.3. The normalized spacial score (nSPS) is 16.2. The van der Waals surface area contributed by atoms with Crippen molar-refractivity contribution in [1.29, 1.82) is 0 Å². The second-order valence-electron chi connectivity index (χ2n) is 8.86. The number of imidazole rings is 1. The van der Waals surface area contributed by atoms with Crippen molar-refractivity contribution >= 4 is 28.8 Å². The van der Waals surface area contributed by atoms with Gasteiger partial charge in [-0.2, -0.15) is 5.10 Å². The third-order valence-corrected chi connectivity index (χ3v) is 6.89. The molecule has 1 N–H and O–H groups in total. The number of hydrogen-bond acceptors (Lipinski definition) is 5. The van der Waals surface area contributed by atoms with Crippen LogP contribution < -0.4 is 4.90 Å². The zero-order valence-corrected chi connectivity index (χ0v) is 19.0. The monoisotopic (exact) mass is 439 g/mol. The Kier molecular flexibility index (Phi) is 4.45. The van der Waals surface area contributed by atoms with Crippen molar-refractivity contribution in [3.63, 3.8) is 0 Å². The molecular formula is C25H25N7O. The molecule has 0 spiro atoms. The molecule has 4 heterocycles. The summed E-state index contributed by atoms with van der Waals surface area (Å²) in [5.41, 5.74) is 8.23. The molecule has 2 aromatic carbocycles. The number of amides is 1. The minimum Gasteiger partial charge on any atom is -0.369 e. The number of aliphatic imine (C=N–C) groups is 1. The first-order valence-electron chi connectivity index (χ1n) is 11.2. The van der Waals surface area contributed by atoms with E-state index in [0.717, 1.165) is 65.2 Å². The van der Waals surface area contributed by atoms with Crippen LogP contribution in [-0.2, 0) is 7.05 Å². The second kappa shape index (κ2) is 7.38. The third kappa shape index (κ3) is 3.17. The maximum atomic E-state index is 12.8. The second-order valence-corrected chi connectivity index (χ2v) is 8.86. The molecule has 1 amide bonds. The summed E-state index contributed by atoms with van der Waals surface area (Å²) in [6.45, 7) is 6.15. The van der Waals surface area contributed by atoms with E-state index in [1.165, 1.54) is 5.69 Å². The Labute approximate surface area is 191 Å². The molecule has 0 atom stereocenters. The van der Waals surface area contributed by atoms with E-state index in [4.69, 9.17) is 4.98 Å². The first-order chi connectivity index (χ1) is 16.0. The van der Waals surface area contributed by atoms with Gasteiger partial charge in [-0.1, -0.05) is 6.07 Å². The van der Waals surface area contributed by atoms with Crippen LogP contribution >= 0.6 is 0 Å². The highest BCUT2D eigenvalue weighted by molar-refractivity contribution is 6.19. The fourth-order valence-corrected chi connectivity index (χ4v) is 4.75. The number of nitrogens with one attached hydrogen (secondary N) is 1. The van der Waals surface area contributed by atoms with Crippen molar-refractivity contribution in [3.05, 3.63) is 53.3 Å². The van der Waals surface area contributed by atoms with Crippen LogP contribution in [0.4, 0.5) is 5.69 Å². The number of carbonyl (C=O) groups is 1. The number of benzene rings is 2. The minimum atomic E-state index is -0.234. The van der Waals surface area contributed by atoms with E-state index in [0.29, 0.717) is 11.4 Å². The van der Waals surface area contributed by atoms with Gasteiger partial charge >= 0.3 is 0 Å². The lowest BCUT2D eigenvalue weighted by Gasteiger charge is -2.34. The van der Waals surface area contributed by atoms with Gasteiger partial charge in [-0.25, -0.2) is 9.98 Å². The van der Waals surface area contributed by atoms with Crippen LogP contribution in [0.2, 0.25) is 0 Å². The number of H-pyrrole nitrogens is 1. The number of aromatic amines is 1. The predicted octanol–water partition coefficient (Wildman–Crippen LogP) is 3.26. The van der Waals surface area contributed by atoms with Crippen LogP contribution in [0.5, 0.6) is 0 Å². The molecule has 166 valence electrons. The lowest BCUT2D eigenvalue weighted by Crippen LogP contribution is -2.44. The molecule has 6 rings (SSSR count). The summed E-state index contributed by atoms with van der Waals surface area (Å²) in [7, 11) is 4.07. The fourth-order valence-electron chi connectivity index (χ4n) is 4.75. The minimum absolute atomic E-state index is 0.234. The summed E-state index contributed by atoms with van der Waals surface area (Å²) < 4.78 is 1.83. The van der Waals surface area contributed by atoms with Gasteiger partial charge in [-0.3, -0.25) is 9.48 Å². The number of aromatic nitrogens is 4. The first-order valence-corrected chi connectivity index (χ1v) is 11.2. The van der Waals surface area contributed by atoms with E-state index in [-0.39, 0.29) is 5.91 Å². The zero-order valence-electron chi connectivity index (χ0n) is 19.0. The number of rotatable bonds is 3. The highest BCUT2D eigenvalue weighted by Gasteiger charge is 2.26. The fraction of sp³-hybridized carbons (Fsp3) is 0.280. The Morgan fingerprint density at radius 3 is 2.52 bits per heavy atom. The van der Waals surface area contributed by atoms with E-state index < -0.39 is 0 Å². The van der Waals surface area contributed by atoms with E-state index in [1.807, 2.05) is 37.0 Å². The van der Waals surface area contributed by atoms with Crippen LogP contribution in [0.15, 0.2) is 41.5 Å². The van der Waals surface area contributed by atoms with E-state index in [2.05, 4.69) is 50.1 Å². The maximum absolute atomic E-state index is 12.8. The molecule has 0 bridgehead atoms. The average Bonchev–Trinajstić information content (AvgIpc) is 3.51. The van der Waals surface area contributed by atoms with Gasteiger partial charge in [0, 0.05) is 67.5 Å². The molecule has 2 aliphatic rings. The Balaban J connectivity index is 1.42. The van der Waals surface area contributed by atoms with Crippen molar-refractivity contribution in [2.24, 2.45) is 12.0 Å². The molecule has 1 fully saturated rings. The number of likely N-dealkylation sites (N-methyl/N-ethyl adjacent to an activating group) is 1. The Bertz CT molecular complexity index is 1440. The van der Waals surface area contributed by atoms with E-state index in [1.54, 1.807) is 6.21 Å². The Morgan fingerprint density at radius 1 is 0.970 bits per heavy atom. The summed E-state index contributed by atoms with van der Waals surface area (Å²) in [5, 5.41) is 4.36. The number of piperazine rings is 1.